The molecule has 1 aliphatic heterocycles. The van der Waals surface area contributed by atoms with Gasteiger partial charge in [-0.2, -0.15) is 5.26 Å². The lowest BCUT2D eigenvalue weighted by molar-refractivity contribution is 0.132. The summed E-state index contributed by atoms with van der Waals surface area (Å²) in [4.78, 5) is 4.94. The van der Waals surface area contributed by atoms with Crippen LogP contribution in [0.2, 0.25) is 0 Å². The summed E-state index contributed by atoms with van der Waals surface area (Å²) in [5.41, 5.74) is -0.377. The molecule has 122 valence electrons. The van der Waals surface area contributed by atoms with Gasteiger partial charge in [-0.15, -0.1) is 0 Å². The summed E-state index contributed by atoms with van der Waals surface area (Å²) in [6.45, 7) is 9.80. The molecule has 0 aromatic heterocycles. The molecule has 1 saturated heterocycles. The van der Waals surface area contributed by atoms with Gasteiger partial charge in [-0.1, -0.05) is 0 Å². The molecule has 2 unspecified atom stereocenters. The summed E-state index contributed by atoms with van der Waals surface area (Å²) in [6, 6.07) is 3.50. The Hall–Kier alpha value is -0.630. The van der Waals surface area contributed by atoms with E-state index in [1.54, 1.807) is 0 Å². The number of likely N-dealkylation sites (tertiary alicyclic amines) is 1. The summed E-state index contributed by atoms with van der Waals surface area (Å²) in [6.07, 6.45) is 5.85. The fraction of sp³-hybridized carbons (Fsp3) is 0.941. The van der Waals surface area contributed by atoms with Crippen molar-refractivity contribution in [2.75, 3.05) is 33.7 Å². The van der Waals surface area contributed by atoms with Crippen molar-refractivity contribution >= 4 is 0 Å². The van der Waals surface area contributed by atoms with E-state index in [4.69, 9.17) is 0 Å². The number of nitriles is 1. The molecule has 0 spiro atoms. The van der Waals surface area contributed by atoms with Gasteiger partial charge in [-0.05, 0) is 80.1 Å². The van der Waals surface area contributed by atoms with Crippen LogP contribution in [0.1, 0.15) is 52.9 Å². The maximum Gasteiger partial charge on any atom is 0.104 e. The maximum absolute atomic E-state index is 9.35. The van der Waals surface area contributed by atoms with Gasteiger partial charge in [0.25, 0.3) is 0 Å². The number of unbranched alkanes of at least 4 members (excludes halogenated alkanes) is 1. The summed E-state index contributed by atoms with van der Waals surface area (Å²) in [7, 11) is 4.47. The van der Waals surface area contributed by atoms with Gasteiger partial charge in [0, 0.05) is 18.6 Å². The lowest BCUT2D eigenvalue weighted by atomic mass is 9.95. The monoisotopic (exact) mass is 294 g/mol. The van der Waals surface area contributed by atoms with Gasteiger partial charge >= 0.3 is 0 Å². The minimum absolute atomic E-state index is 0.357. The van der Waals surface area contributed by atoms with Gasteiger partial charge in [0.2, 0.25) is 0 Å². The average molecular weight is 294 g/mol. The highest BCUT2D eigenvalue weighted by Crippen LogP contribution is 2.17. The summed E-state index contributed by atoms with van der Waals surface area (Å²) in [5, 5.41) is 12.7. The Bertz CT molecular complexity index is 336. The van der Waals surface area contributed by atoms with Crippen LogP contribution < -0.4 is 5.32 Å². The third kappa shape index (κ3) is 6.78. The second kappa shape index (κ2) is 8.73. The number of nitrogens with zero attached hydrogens (tertiary/aromatic N) is 3. The molecule has 21 heavy (non-hydrogen) atoms. The van der Waals surface area contributed by atoms with Crippen LogP contribution in [0.15, 0.2) is 0 Å². The highest BCUT2D eigenvalue weighted by molar-refractivity contribution is 5.04. The molecule has 1 heterocycles. The predicted octanol–water partition coefficient (Wildman–Crippen LogP) is 2.46. The predicted molar refractivity (Wildman–Crippen MR) is 89.3 cm³/mol. The molecule has 0 aromatic carbocycles. The fourth-order valence-electron chi connectivity index (χ4n) is 3.32. The van der Waals surface area contributed by atoms with Crippen LogP contribution >= 0.6 is 0 Å². The normalized spacial score (nSPS) is 23.2. The molecule has 0 amide bonds. The van der Waals surface area contributed by atoms with Crippen LogP contribution in [-0.2, 0) is 0 Å². The standard InChI is InChI=1S/C17H34N4/c1-15(2)19-17(3,14-18)10-6-7-12-21(5)16-9-8-11-20(4)13-16/h15-16,19H,6-13H2,1-5H3. The molecule has 0 saturated carbocycles. The molecule has 2 atom stereocenters. The van der Waals surface area contributed by atoms with E-state index in [2.05, 4.69) is 49.1 Å². The topological polar surface area (TPSA) is 42.3 Å². The van der Waals surface area contributed by atoms with Crippen LogP contribution in [0.4, 0.5) is 0 Å². The first-order chi connectivity index (χ1) is 9.86. The first kappa shape index (κ1) is 18.4. The summed E-state index contributed by atoms with van der Waals surface area (Å²) >= 11 is 0. The Balaban J connectivity index is 2.25. The van der Waals surface area contributed by atoms with E-state index < -0.39 is 0 Å². The van der Waals surface area contributed by atoms with E-state index in [1.807, 2.05) is 6.92 Å². The van der Waals surface area contributed by atoms with Crippen LogP contribution in [0.3, 0.4) is 0 Å². The fourth-order valence-corrected chi connectivity index (χ4v) is 3.32. The minimum atomic E-state index is -0.377. The number of hydrogen-bond donors (Lipinski definition) is 1. The Morgan fingerprint density at radius 2 is 2.14 bits per heavy atom. The van der Waals surface area contributed by atoms with E-state index in [1.165, 1.54) is 32.4 Å². The number of nitrogens with one attached hydrogen (secondary N) is 1. The Labute approximate surface area is 131 Å². The molecular formula is C17H34N4. The van der Waals surface area contributed by atoms with E-state index in [0.29, 0.717) is 12.1 Å². The highest BCUT2D eigenvalue weighted by atomic mass is 15.2. The number of piperidine rings is 1. The summed E-state index contributed by atoms with van der Waals surface area (Å²) in [5.74, 6) is 0. The van der Waals surface area contributed by atoms with Gasteiger partial charge in [0.15, 0.2) is 0 Å². The third-order valence-corrected chi connectivity index (χ3v) is 4.51. The van der Waals surface area contributed by atoms with Gasteiger partial charge in [0.05, 0.1) is 6.07 Å². The number of likely N-dealkylation sites (N-methyl/N-ethyl adjacent to an activating group) is 2. The molecule has 1 rings (SSSR count). The van der Waals surface area contributed by atoms with Gasteiger partial charge in [-0.3, -0.25) is 5.32 Å². The van der Waals surface area contributed by atoms with E-state index >= 15 is 0 Å². The third-order valence-electron chi connectivity index (χ3n) is 4.51. The van der Waals surface area contributed by atoms with Crippen molar-refractivity contribution in [1.82, 2.24) is 15.1 Å². The molecule has 0 radical (unpaired) electrons. The Kier molecular flexibility index (Phi) is 7.65. The quantitative estimate of drug-likeness (QED) is 0.698. The van der Waals surface area contributed by atoms with Crippen LogP contribution in [0, 0.1) is 11.3 Å². The number of rotatable bonds is 8. The van der Waals surface area contributed by atoms with Crippen LogP contribution in [0.5, 0.6) is 0 Å². The molecular weight excluding hydrogens is 260 g/mol. The lowest BCUT2D eigenvalue weighted by Crippen LogP contribution is -2.46. The molecule has 1 fully saturated rings. The van der Waals surface area contributed by atoms with Gasteiger partial charge in [0.1, 0.15) is 5.54 Å². The van der Waals surface area contributed by atoms with Crippen molar-refractivity contribution in [2.45, 2.75) is 70.5 Å². The minimum Gasteiger partial charge on any atom is -0.305 e. The largest absolute Gasteiger partial charge is 0.305 e. The van der Waals surface area contributed by atoms with Gasteiger partial charge < -0.3 is 9.80 Å². The van der Waals surface area contributed by atoms with E-state index in [0.717, 1.165) is 19.4 Å². The molecule has 1 N–H and O–H groups in total. The Morgan fingerprint density at radius 3 is 2.71 bits per heavy atom. The molecule has 0 aliphatic carbocycles. The maximum atomic E-state index is 9.35. The zero-order valence-corrected chi connectivity index (χ0v) is 14.7. The van der Waals surface area contributed by atoms with Crippen molar-refractivity contribution in [3.63, 3.8) is 0 Å². The van der Waals surface area contributed by atoms with Crippen LogP contribution in [-0.4, -0.2) is 61.2 Å². The second-order valence-electron chi connectivity index (χ2n) is 7.24. The van der Waals surface area contributed by atoms with Crippen molar-refractivity contribution in [1.29, 1.82) is 5.26 Å². The molecule has 4 heteroatoms. The number of hydrogen-bond acceptors (Lipinski definition) is 4. The zero-order chi connectivity index (χ0) is 15.9. The van der Waals surface area contributed by atoms with E-state index in [-0.39, 0.29) is 5.54 Å². The van der Waals surface area contributed by atoms with Crippen molar-refractivity contribution in [2.24, 2.45) is 0 Å². The van der Waals surface area contributed by atoms with Crippen molar-refractivity contribution < 1.29 is 0 Å². The van der Waals surface area contributed by atoms with E-state index in [9.17, 15) is 5.26 Å². The van der Waals surface area contributed by atoms with Gasteiger partial charge in [-0.25, -0.2) is 0 Å². The smallest absolute Gasteiger partial charge is 0.104 e. The second-order valence-corrected chi connectivity index (χ2v) is 7.24. The average Bonchev–Trinajstić information content (AvgIpc) is 2.42. The molecule has 0 aromatic rings. The van der Waals surface area contributed by atoms with Crippen molar-refractivity contribution in [3.8, 4) is 6.07 Å². The molecule has 4 nitrogen and oxygen atoms in total. The first-order valence-corrected chi connectivity index (χ1v) is 8.44. The highest BCUT2D eigenvalue weighted by Gasteiger charge is 2.24. The lowest BCUT2D eigenvalue weighted by Gasteiger charge is -2.36. The zero-order valence-electron chi connectivity index (χ0n) is 14.7. The molecule has 0 bridgehead atoms. The Morgan fingerprint density at radius 1 is 1.43 bits per heavy atom. The summed E-state index contributed by atoms with van der Waals surface area (Å²) < 4.78 is 0. The van der Waals surface area contributed by atoms with Crippen LogP contribution in [0.25, 0.3) is 0 Å². The SMILES string of the molecule is CC(C)NC(C)(C#N)CCCCN(C)C1CCCN(C)C1. The first-order valence-electron chi connectivity index (χ1n) is 8.44. The van der Waals surface area contributed by atoms with Crippen molar-refractivity contribution in [3.05, 3.63) is 0 Å². The molecule has 1 aliphatic rings.